The van der Waals surface area contributed by atoms with Crippen LogP contribution >= 0.6 is 11.8 Å². The summed E-state index contributed by atoms with van der Waals surface area (Å²) in [6, 6.07) is 17.2. The number of aryl methyl sites for hydroxylation is 1. The summed E-state index contributed by atoms with van der Waals surface area (Å²) in [4.78, 5) is 12.8. The molecule has 35 heavy (non-hydrogen) atoms. The number of hydrogen-bond acceptors (Lipinski definition) is 7. The number of para-hydroxylation sites is 1. The van der Waals surface area contributed by atoms with Crippen LogP contribution in [0.1, 0.15) is 31.4 Å². The number of fused-ring (bicyclic) bond motifs is 1. The van der Waals surface area contributed by atoms with Gasteiger partial charge in [-0.2, -0.15) is 0 Å². The summed E-state index contributed by atoms with van der Waals surface area (Å²) in [7, 11) is 0. The summed E-state index contributed by atoms with van der Waals surface area (Å²) in [6.45, 7) is 1.89. The van der Waals surface area contributed by atoms with E-state index in [1.807, 2.05) is 66.1 Å². The van der Waals surface area contributed by atoms with E-state index in [4.69, 9.17) is 13.9 Å². The van der Waals surface area contributed by atoms with Crippen molar-refractivity contribution in [2.24, 2.45) is 0 Å². The molecule has 9 heteroatoms. The Morgan fingerprint density at radius 2 is 1.86 bits per heavy atom. The highest BCUT2D eigenvalue weighted by Crippen LogP contribution is 2.47. The Labute approximate surface area is 206 Å². The first kappa shape index (κ1) is 21.8. The highest BCUT2D eigenvalue weighted by molar-refractivity contribution is 7.99. The third kappa shape index (κ3) is 4.16. The van der Waals surface area contributed by atoms with E-state index in [1.165, 1.54) is 11.8 Å². The Morgan fingerprint density at radius 3 is 2.63 bits per heavy atom. The van der Waals surface area contributed by atoms with E-state index in [2.05, 4.69) is 15.5 Å². The molecule has 1 aliphatic heterocycles. The fourth-order valence-electron chi connectivity index (χ4n) is 4.58. The second-order valence-corrected chi connectivity index (χ2v) is 9.63. The maximum Gasteiger partial charge on any atom is 0.251 e. The molecular formula is C26H24N4O4S. The van der Waals surface area contributed by atoms with Crippen molar-refractivity contribution in [3.05, 3.63) is 66.6 Å². The van der Waals surface area contributed by atoms with Crippen LogP contribution in [0.15, 0.2) is 70.4 Å². The molecule has 2 aliphatic rings. The zero-order chi connectivity index (χ0) is 23.8. The number of aromatic nitrogens is 3. The van der Waals surface area contributed by atoms with Gasteiger partial charge in [0.1, 0.15) is 5.76 Å². The predicted octanol–water partition coefficient (Wildman–Crippen LogP) is 5.61. The van der Waals surface area contributed by atoms with Gasteiger partial charge in [-0.05, 0) is 50.1 Å². The van der Waals surface area contributed by atoms with Crippen molar-refractivity contribution in [3.63, 3.8) is 0 Å². The Morgan fingerprint density at radius 1 is 1.06 bits per heavy atom. The van der Waals surface area contributed by atoms with Crippen LogP contribution in [-0.2, 0) is 4.79 Å². The summed E-state index contributed by atoms with van der Waals surface area (Å²) < 4.78 is 19.6. The fraction of sp³-hybridized carbons (Fsp3) is 0.269. The first-order chi connectivity index (χ1) is 17.1. The van der Waals surface area contributed by atoms with Crippen molar-refractivity contribution in [1.29, 1.82) is 0 Å². The number of ether oxygens (including phenoxy) is 2. The van der Waals surface area contributed by atoms with E-state index in [0.29, 0.717) is 22.4 Å². The second kappa shape index (κ2) is 8.81. The number of carbonyl (C=O) groups excluding carboxylic acids is 1. The van der Waals surface area contributed by atoms with Gasteiger partial charge in [0, 0.05) is 30.3 Å². The second-order valence-electron chi connectivity index (χ2n) is 8.69. The van der Waals surface area contributed by atoms with E-state index in [0.717, 1.165) is 48.4 Å². The van der Waals surface area contributed by atoms with Crippen LogP contribution in [0.5, 0.6) is 11.5 Å². The Hall–Kier alpha value is -3.72. The first-order valence-corrected chi connectivity index (χ1v) is 12.6. The summed E-state index contributed by atoms with van der Waals surface area (Å²) in [5.74, 6) is 2.35. The minimum absolute atomic E-state index is 0.145. The van der Waals surface area contributed by atoms with E-state index in [-0.39, 0.29) is 11.7 Å². The number of amides is 1. The molecular weight excluding hydrogens is 464 g/mol. The van der Waals surface area contributed by atoms with Crippen LogP contribution in [0.2, 0.25) is 0 Å². The summed E-state index contributed by atoms with van der Waals surface area (Å²) in [5.41, 5.74) is 2.44. The molecule has 8 nitrogen and oxygen atoms in total. The molecule has 178 valence electrons. The standard InChI is InChI=1S/C26H24N4O4S/c1-17-20(11-14-32-17)24-28-29-25(30(24)19-7-3-2-4-8-19)35-16-23(31)27-18-9-10-21-22(15-18)34-26(33-21)12-5-6-13-26/h2-4,7-11,14-15H,5-6,12-13,16H2,1H3,(H,27,31). The lowest BCUT2D eigenvalue weighted by Crippen LogP contribution is -2.34. The molecule has 0 atom stereocenters. The Kier molecular flexibility index (Phi) is 5.49. The average Bonchev–Trinajstić information content (AvgIpc) is 3.65. The third-order valence-electron chi connectivity index (χ3n) is 6.26. The molecule has 4 aromatic rings. The molecule has 1 fully saturated rings. The van der Waals surface area contributed by atoms with Crippen LogP contribution in [0.4, 0.5) is 5.69 Å². The molecule has 1 spiro atoms. The third-order valence-corrected chi connectivity index (χ3v) is 7.19. The maximum absolute atomic E-state index is 12.8. The monoisotopic (exact) mass is 488 g/mol. The summed E-state index contributed by atoms with van der Waals surface area (Å²) in [6.07, 6.45) is 5.62. The molecule has 2 aromatic heterocycles. The van der Waals surface area contributed by atoms with E-state index in [1.54, 1.807) is 6.26 Å². The number of hydrogen-bond donors (Lipinski definition) is 1. The van der Waals surface area contributed by atoms with Crippen molar-refractivity contribution in [3.8, 4) is 28.6 Å². The molecule has 1 aliphatic carbocycles. The van der Waals surface area contributed by atoms with Crippen molar-refractivity contribution in [1.82, 2.24) is 14.8 Å². The van der Waals surface area contributed by atoms with E-state index in [9.17, 15) is 4.79 Å². The van der Waals surface area contributed by atoms with Crippen LogP contribution < -0.4 is 14.8 Å². The highest BCUT2D eigenvalue weighted by Gasteiger charge is 2.44. The Bertz CT molecular complexity index is 1380. The Balaban J connectivity index is 1.18. The number of benzene rings is 2. The lowest BCUT2D eigenvalue weighted by Gasteiger charge is -2.21. The molecule has 1 amide bonds. The van der Waals surface area contributed by atoms with Gasteiger partial charge in [-0.1, -0.05) is 30.0 Å². The lowest BCUT2D eigenvalue weighted by molar-refractivity contribution is -0.113. The smallest absolute Gasteiger partial charge is 0.251 e. The predicted molar refractivity (Wildman–Crippen MR) is 132 cm³/mol. The molecule has 6 rings (SSSR count). The average molecular weight is 489 g/mol. The van der Waals surface area contributed by atoms with Crippen molar-refractivity contribution < 1.29 is 18.7 Å². The molecule has 0 unspecified atom stereocenters. The van der Waals surface area contributed by atoms with Gasteiger partial charge in [0.15, 0.2) is 22.5 Å². The normalized spacial score (nSPS) is 15.6. The van der Waals surface area contributed by atoms with Gasteiger partial charge in [-0.3, -0.25) is 9.36 Å². The van der Waals surface area contributed by atoms with Gasteiger partial charge in [0.25, 0.3) is 5.79 Å². The van der Waals surface area contributed by atoms with Crippen molar-refractivity contribution in [2.75, 3.05) is 11.1 Å². The van der Waals surface area contributed by atoms with Gasteiger partial charge in [0.2, 0.25) is 5.91 Å². The topological polar surface area (TPSA) is 91.4 Å². The van der Waals surface area contributed by atoms with Crippen LogP contribution in [-0.4, -0.2) is 32.2 Å². The number of furan rings is 1. The van der Waals surface area contributed by atoms with Gasteiger partial charge in [0.05, 0.1) is 17.6 Å². The largest absolute Gasteiger partial charge is 0.469 e. The minimum atomic E-state index is -0.520. The molecule has 1 saturated carbocycles. The van der Waals surface area contributed by atoms with Gasteiger partial charge in [-0.15, -0.1) is 10.2 Å². The minimum Gasteiger partial charge on any atom is -0.469 e. The molecule has 0 saturated heterocycles. The molecule has 3 heterocycles. The number of rotatable bonds is 6. The van der Waals surface area contributed by atoms with Gasteiger partial charge >= 0.3 is 0 Å². The number of nitrogens with zero attached hydrogens (tertiary/aromatic N) is 3. The fourth-order valence-corrected chi connectivity index (χ4v) is 5.33. The lowest BCUT2D eigenvalue weighted by atomic mass is 10.2. The zero-order valence-corrected chi connectivity index (χ0v) is 20.0. The zero-order valence-electron chi connectivity index (χ0n) is 19.2. The van der Waals surface area contributed by atoms with Crippen LogP contribution in [0.3, 0.4) is 0 Å². The number of carbonyl (C=O) groups is 1. The molecule has 2 aromatic carbocycles. The van der Waals surface area contributed by atoms with Crippen molar-refractivity contribution >= 4 is 23.4 Å². The summed E-state index contributed by atoms with van der Waals surface area (Å²) in [5, 5.41) is 12.4. The quantitative estimate of drug-likeness (QED) is 0.353. The molecule has 1 N–H and O–H groups in total. The summed E-state index contributed by atoms with van der Waals surface area (Å²) >= 11 is 1.32. The van der Waals surface area contributed by atoms with E-state index < -0.39 is 5.79 Å². The van der Waals surface area contributed by atoms with Crippen LogP contribution in [0.25, 0.3) is 17.1 Å². The first-order valence-electron chi connectivity index (χ1n) is 11.6. The van der Waals surface area contributed by atoms with Crippen LogP contribution in [0, 0.1) is 6.92 Å². The van der Waals surface area contributed by atoms with E-state index >= 15 is 0 Å². The highest BCUT2D eigenvalue weighted by atomic mass is 32.2. The van der Waals surface area contributed by atoms with Gasteiger partial charge in [-0.25, -0.2) is 0 Å². The number of thioether (sulfide) groups is 1. The number of nitrogens with one attached hydrogen (secondary N) is 1. The number of anilines is 1. The maximum atomic E-state index is 12.8. The van der Waals surface area contributed by atoms with Crippen molar-refractivity contribution in [2.45, 2.75) is 43.6 Å². The molecule has 0 bridgehead atoms. The SMILES string of the molecule is Cc1occc1-c1nnc(SCC(=O)Nc2ccc3c(c2)OC2(CCCC2)O3)n1-c1ccccc1. The van der Waals surface area contributed by atoms with Gasteiger partial charge < -0.3 is 19.2 Å². The molecule has 0 radical (unpaired) electrons.